The van der Waals surface area contributed by atoms with Crippen LogP contribution in [0.2, 0.25) is 0 Å². The van der Waals surface area contributed by atoms with E-state index in [1.165, 1.54) is 5.56 Å². The maximum Gasteiger partial charge on any atom is 0.563 e. The van der Waals surface area contributed by atoms with Crippen molar-refractivity contribution in [2.24, 2.45) is 0 Å². The standard InChI is InChI=1S/C19H18BNO3/c1-13-19(2,3)24-20(23-13)15-9-10-17-16(12-15)21-18(22-17)11-14-7-5-4-6-8-14/h4-10,12H,1,11H2,2-3H3. The molecule has 3 aromatic rings. The van der Waals surface area contributed by atoms with Crippen LogP contribution in [-0.2, 0) is 15.7 Å². The molecule has 1 fully saturated rings. The van der Waals surface area contributed by atoms with E-state index in [2.05, 4.69) is 23.7 Å². The molecule has 1 aliphatic heterocycles. The molecule has 1 aliphatic rings. The monoisotopic (exact) mass is 319 g/mol. The molecule has 0 unspecified atom stereocenters. The molecule has 0 saturated carbocycles. The first-order valence-electron chi connectivity index (χ1n) is 7.98. The molecule has 0 amide bonds. The number of fused-ring (bicyclic) bond motifs is 1. The lowest BCUT2D eigenvalue weighted by molar-refractivity contribution is 0.173. The number of benzene rings is 2. The minimum Gasteiger partial charge on any atom is -0.534 e. The third-order valence-electron chi connectivity index (χ3n) is 4.25. The molecule has 0 N–H and O–H groups in total. The van der Waals surface area contributed by atoms with Crippen molar-refractivity contribution >= 4 is 23.7 Å². The fourth-order valence-corrected chi connectivity index (χ4v) is 2.75. The average molecular weight is 319 g/mol. The molecular formula is C19H18BNO3. The fourth-order valence-electron chi connectivity index (χ4n) is 2.75. The minimum atomic E-state index is -0.484. The van der Waals surface area contributed by atoms with Crippen LogP contribution in [0.1, 0.15) is 25.3 Å². The Morgan fingerprint density at radius 3 is 2.62 bits per heavy atom. The van der Waals surface area contributed by atoms with E-state index in [1.54, 1.807) is 0 Å². The van der Waals surface area contributed by atoms with Gasteiger partial charge in [-0.25, -0.2) is 4.98 Å². The van der Waals surface area contributed by atoms with E-state index in [-0.39, 0.29) is 0 Å². The van der Waals surface area contributed by atoms with Gasteiger partial charge in [0.2, 0.25) is 0 Å². The maximum absolute atomic E-state index is 5.92. The molecule has 2 aromatic carbocycles. The second-order valence-corrected chi connectivity index (χ2v) is 6.50. The third kappa shape index (κ3) is 2.72. The Morgan fingerprint density at radius 2 is 1.92 bits per heavy atom. The highest BCUT2D eigenvalue weighted by molar-refractivity contribution is 6.62. The smallest absolute Gasteiger partial charge is 0.534 e. The summed E-state index contributed by atoms with van der Waals surface area (Å²) in [4.78, 5) is 4.60. The zero-order valence-electron chi connectivity index (χ0n) is 13.8. The van der Waals surface area contributed by atoms with Gasteiger partial charge in [-0.3, -0.25) is 0 Å². The van der Waals surface area contributed by atoms with Crippen LogP contribution in [0.3, 0.4) is 0 Å². The van der Waals surface area contributed by atoms with Crippen molar-refractivity contribution in [3.63, 3.8) is 0 Å². The van der Waals surface area contributed by atoms with Gasteiger partial charge in [0.05, 0.1) is 5.76 Å². The van der Waals surface area contributed by atoms with E-state index in [9.17, 15) is 0 Å². The van der Waals surface area contributed by atoms with E-state index < -0.39 is 12.7 Å². The molecule has 24 heavy (non-hydrogen) atoms. The lowest BCUT2D eigenvalue weighted by Gasteiger charge is -2.15. The summed E-state index contributed by atoms with van der Waals surface area (Å²) in [6.45, 7) is 7.81. The molecule has 5 heteroatoms. The van der Waals surface area contributed by atoms with Gasteiger partial charge in [0.1, 0.15) is 11.1 Å². The Kier molecular flexibility index (Phi) is 3.46. The molecule has 4 rings (SSSR count). The van der Waals surface area contributed by atoms with Crippen LogP contribution in [0, 0.1) is 0 Å². The number of oxazole rings is 1. The van der Waals surface area contributed by atoms with Gasteiger partial charge in [0.25, 0.3) is 0 Å². The number of hydrogen-bond donors (Lipinski definition) is 0. The maximum atomic E-state index is 5.92. The topological polar surface area (TPSA) is 44.5 Å². The summed E-state index contributed by atoms with van der Waals surface area (Å²) in [6, 6.07) is 16.0. The van der Waals surface area contributed by atoms with E-state index in [0.29, 0.717) is 18.1 Å². The van der Waals surface area contributed by atoms with Crippen LogP contribution in [0.4, 0.5) is 0 Å². The van der Waals surface area contributed by atoms with Crippen molar-refractivity contribution in [1.29, 1.82) is 0 Å². The van der Waals surface area contributed by atoms with Crippen LogP contribution in [0.25, 0.3) is 11.1 Å². The van der Waals surface area contributed by atoms with Crippen LogP contribution >= 0.6 is 0 Å². The molecule has 1 aromatic heterocycles. The van der Waals surface area contributed by atoms with Gasteiger partial charge in [-0.1, -0.05) is 43.0 Å². The summed E-state index contributed by atoms with van der Waals surface area (Å²) in [5.41, 5.74) is 3.17. The van der Waals surface area contributed by atoms with E-state index in [0.717, 1.165) is 16.6 Å². The van der Waals surface area contributed by atoms with Crippen LogP contribution in [-0.4, -0.2) is 17.7 Å². The predicted molar refractivity (Wildman–Crippen MR) is 94.0 cm³/mol. The Balaban J connectivity index is 1.61. The van der Waals surface area contributed by atoms with E-state index >= 15 is 0 Å². The summed E-state index contributed by atoms with van der Waals surface area (Å²) in [7, 11) is -0.453. The molecular weight excluding hydrogens is 301 g/mol. The summed E-state index contributed by atoms with van der Waals surface area (Å²) >= 11 is 0. The SMILES string of the molecule is C=C1OB(c2ccc3oc(Cc4ccccc4)nc3c2)OC1(C)C. The van der Waals surface area contributed by atoms with Gasteiger partial charge in [-0.2, -0.15) is 0 Å². The third-order valence-corrected chi connectivity index (χ3v) is 4.25. The molecule has 0 radical (unpaired) electrons. The second kappa shape index (κ2) is 5.53. The average Bonchev–Trinajstić information content (AvgIpc) is 3.07. The molecule has 120 valence electrons. The molecule has 0 atom stereocenters. The molecule has 0 bridgehead atoms. The van der Waals surface area contributed by atoms with Crippen LogP contribution in [0.5, 0.6) is 0 Å². The Labute approximate surface area is 141 Å². The summed E-state index contributed by atoms with van der Waals surface area (Å²) in [6.07, 6.45) is 0.672. The van der Waals surface area contributed by atoms with Crippen LogP contribution < -0.4 is 5.46 Å². The molecule has 0 spiro atoms. The van der Waals surface area contributed by atoms with Gasteiger partial charge in [-0.05, 0) is 37.0 Å². The Hall–Kier alpha value is -2.53. The lowest BCUT2D eigenvalue weighted by Crippen LogP contribution is -2.34. The first-order valence-corrected chi connectivity index (χ1v) is 7.98. The van der Waals surface area contributed by atoms with Crippen molar-refractivity contribution < 1.29 is 13.7 Å². The largest absolute Gasteiger partial charge is 0.563 e. The van der Waals surface area contributed by atoms with Gasteiger partial charge in [0.15, 0.2) is 11.5 Å². The molecule has 2 heterocycles. The zero-order chi connectivity index (χ0) is 16.7. The highest BCUT2D eigenvalue weighted by atomic mass is 16.7. The number of aromatic nitrogens is 1. The first kappa shape index (κ1) is 15.0. The second-order valence-electron chi connectivity index (χ2n) is 6.50. The van der Waals surface area contributed by atoms with E-state index in [1.807, 2.05) is 50.2 Å². The zero-order valence-corrected chi connectivity index (χ0v) is 13.8. The summed E-state index contributed by atoms with van der Waals surface area (Å²) in [5.74, 6) is 1.34. The quantitative estimate of drug-likeness (QED) is 0.694. The highest BCUT2D eigenvalue weighted by Gasteiger charge is 2.42. The number of nitrogens with zero attached hydrogens (tertiary/aromatic N) is 1. The molecule has 4 nitrogen and oxygen atoms in total. The van der Waals surface area contributed by atoms with E-state index in [4.69, 9.17) is 13.7 Å². The highest BCUT2D eigenvalue weighted by Crippen LogP contribution is 2.29. The molecule has 0 aliphatic carbocycles. The molecule has 1 saturated heterocycles. The Bertz CT molecular complexity index is 901. The van der Waals surface area contributed by atoms with Crippen molar-refractivity contribution in [1.82, 2.24) is 4.98 Å². The fraction of sp³-hybridized carbons (Fsp3) is 0.211. The van der Waals surface area contributed by atoms with Gasteiger partial charge >= 0.3 is 7.12 Å². The van der Waals surface area contributed by atoms with Gasteiger partial charge in [0, 0.05) is 6.42 Å². The van der Waals surface area contributed by atoms with Crippen molar-refractivity contribution in [3.05, 3.63) is 72.3 Å². The van der Waals surface area contributed by atoms with Crippen LogP contribution in [0.15, 0.2) is 65.3 Å². The summed E-state index contributed by atoms with van der Waals surface area (Å²) in [5, 5.41) is 0. The minimum absolute atomic E-state index is 0.453. The normalized spacial score (nSPS) is 16.6. The van der Waals surface area contributed by atoms with Crippen molar-refractivity contribution in [3.8, 4) is 0 Å². The van der Waals surface area contributed by atoms with Crippen molar-refractivity contribution in [2.45, 2.75) is 25.9 Å². The Morgan fingerprint density at radius 1 is 1.12 bits per heavy atom. The van der Waals surface area contributed by atoms with Crippen molar-refractivity contribution in [2.75, 3.05) is 0 Å². The first-order chi connectivity index (χ1) is 11.5. The van der Waals surface area contributed by atoms with Gasteiger partial charge in [-0.15, -0.1) is 0 Å². The van der Waals surface area contributed by atoms with Gasteiger partial charge < -0.3 is 13.7 Å². The predicted octanol–water partition coefficient (Wildman–Crippen LogP) is 3.45. The summed E-state index contributed by atoms with van der Waals surface area (Å²) < 4.78 is 17.5. The lowest BCUT2D eigenvalue weighted by atomic mass is 9.79. The number of hydrogen-bond acceptors (Lipinski definition) is 4. The number of rotatable bonds is 3.